The van der Waals surface area contributed by atoms with Crippen LogP contribution in [-0.2, 0) is 17.6 Å². The Morgan fingerprint density at radius 2 is 1.83 bits per heavy atom. The van der Waals surface area contributed by atoms with Gasteiger partial charge in [-0.3, -0.25) is 4.79 Å². The van der Waals surface area contributed by atoms with Gasteiger partial charge in [0.1, 0.15) is 0 Å². The molecule has 2 aromatic rings. The first kappa shape index (κ1) is 14.2. The molecule has 4 rings (SSSR count). The maximum Gasteiger partial charge on any atom is 0.224 e. The number of benzene rings is 1. The molecule has 0 atom stereocenters. The van der Waals surface area contributed by atoms with E-state index >= 15 is 0 Å². The molecule has 1 amide bonds. The van der Waals surface area contributed by atoms with E-state index in [4.69, 9.17) is 0 Å². The number of fused-ring (bicyclic) bond motifs is 1. The summed E-state index contributed by atoms with van der Waals surface area (Å²) in [6, 6.07) is 8.62. The zero-order valence-corrected chi connectivity index (χ0v) is 13.4. The van der Waals surface area contributed by atoms with Gasteiger partial charge in [0, 0.05) is 23.5 Å². The van der Waals surface area contributed by atoms with Crippen LogP contribution in [0.4, 0.5) is 0 Å². The predicted molar refractivity (Wildman–Crippen MR) is 90.2 cm³/mol. The Balaban J connectivity index is 1.65. The second kappa shape index (κ2) is 5.69. The lowest BCUT2D eigenvalue weighted by Crippen LogP contribution is -2.26. The van der Waals surface area contributed by atoms with Crippen LogP contribution >= 0.6 is 0 Å². The first-order valence-corrected chi connectivity index (χ1v) is 8.38. The van der Waals surface area contributed by atoms with E-state index in [0.717, 1.165) is 25.0 Å². The third-order valence-corrected chi connectivity index (χ3v) is 4.91. The summed E-state index contributed by atoms with van der Waals surface area (Å²) in [6.07, 6.45) is 8.07. The highest BCUT2D eigenvalue weighted by Crippen LogP contribution is 2.28. The van der Waals surface area contributed by atoms with Gasteiger partial charge in [0.25, 0.3) is 0 Å². The van der Waals surface area contributed by atoms with Gasteiger partial charge in [0.05, 0.1) is 12.0 Å². The number of rotatable bonds is 2. The molecule has 1 aromatic heterocycles. The molecule has 23 heavy (non-hydrogen) atoms. The van der Waals surface area contributed by atoms with E-state index in [9.17, 15) is 4.79 Å². The topological polar surface area (TPSA) is 46.9 Å². The summed E-state index contributed by atoms with van der Waals surface area (Å²) in [7, 11) is 0. The Morgan fingerprint density at radius 1 is 1.04 bits per heavy atom. The lowest BCUT2D eigenvalue weighted by atomic mass is 9.96. The van der Waals surface area contributed by atoms with E-state index < -0.39 is 0 Å². The summed E-state index contributed by atoms with van der Waals surface area (Å²) in [5.41, 5.74) is 7.21. The minimum absolute atomic E-state index is 0.118. The molecule has 1 aromatic carbocycles. The fourth-order valence-electron chi connectivity index (χ4n) is 3.65. The third kappa shape index (κ3) is 2.58. The van der Waals surface area contributed by atoms with Gasteiger partial charge in [0.2, 0.25) is 5.91 Å². The Labute approximate surface area is 136 Å². The fourth-order valence-corrected chi connectivity index (χ4v) is 3.65. The first-order valence-electron chi connectivity index (χ1n) is 8.38. The van der Waals surface area contributed by atoms with Crippen molar-refractivity contribution in [2.45, 2.75) is 45.4 Å². The molecule has 0 unspecified atom stereocenters. The monoisotopic (exact) mass is 307 g/mol. The largest absolute Gasteiger partial charge is 0.330 e. The van der Waals surface area contributed by atoms with Crippen molar-refractivity contribution in [1.82, 2.24) is 14.9 Å². The number of amides is 1. The van der Waals surface area contributed by atoms with Crippen molar-refractivity contribution >= 4 is 11.5 Å². The summed E-state index contributed by atoms with van der Waals surface area (Å²) >= 11 is 0. The summed E-state index contributed by atoms with van der Waals surface area (Å²) in [6.45, 7) is 1.98. The summed E-state index contributed by atoms with van der Waals surface area (Å²) in [4.78, 5) is 16.0. The second-order valence-electron chi connectivity index (χ2n) is 6.41. The zero-order valence-electron chi connectivity index (χ0n) is 13.4. The normalized spacial score (nSPS) is 17.9. The van der Waals surface area contributed by atoms with Crippen molar-refractivity contribution in [2.24, 2.45) is 0 Å². The van der Waals surface area contributed by atoms with Crippen LogP contribution in [0.1, 0.15) is 49.6 Å². The highest BCUT2D eigenvalue weighted by molar-refractivity contribution is 5.86. The standard InChI is InChI=1S/C19H21N3O/c1-13-16(10-11-19(23)21-13)14-6-8-15(9-7-14)22-12-20-17-4-2-3-5-18(17)22/h6-9,12H,2-5,10-11H2,1H3,(H,21,23). The van der Waals surface area contributed by atoms with Crippen molar-refractivity contribution in [3.05, 3.63) is 53.2 Å². The molecule has 0 bridgehead atoms. The smallest absolute Gasteiger partial charge is 0.224 e. The van der Waals surface area contributed by atoms with Crippen molar-refractivity contribution in [3.63, 3.8) is 0 Å². The minimum Gasteiger partial charge on any atom is -0.330 e. The number of hydrogen-bond acceptors (Lipinski definition) is 2. The number of nitrogens with one attached hydrogen (secondary N) is 1. The maximum atomic E-state index is 11.4. The second-order valence-corrected chi connectivity index (χ2v) is 6.41. The molecule has 2 aliphatic rings. The SMILES string of the molecule is CC1=C(c2ccc(-n3cnc4c3CCCC4)cc2)CCC(=O)N1. The molecular weight excluding hydrogens is 286 g/mol. The lowest BCUT2D eigenvalue weighted by molar-refractivity contribution is -0.120. The molecule has 1 aliphatic carbocycles. The number of aryl methyl sites for hydroxylation is 1. The summed E-state index contributed by atoms with van der Waals surface area (Å²) in [5.74, 6) is 0.118. The summed E-state index contributed by atoms with van der Waals surface area (Å²) < 4.78 is 2.22. The number of allylic oxidation sites excluding steroid dienone is 2. The Kier molecular flexibility index (Phi) is 3.52. The molecule has 0 saturated heterocycles. The number of hydrogen-bond donors (Lipinski definition) is 1. The number of nitrogens with zero attached hydrogens (tertiary/aromatic N) is 2. The maximum absolute atomic E-state index is 11.4. The molecule has 4 heteroatoms. The lowest BCUT2D eigenvalue weighted by Gasteiger charge is -2.19. The van der Waals surface area contributed by atoms with Gasteiger partial charge in [-0.1, -0.05) is 12.1 Å². The predicted octanol–water partition coefficient (Wildman–Crippen LogP) is 3.39. The van der Waals surface area contributed by atoms with Crippen LogP contribution in [0.25, 0.3) is 11.3 Å². The van der Waals surface area contributed by atoms with Gasteiger partial charge in [-0.05, 0) is 62.3 Å². The summed E-state index contributed by atoms with van der Waals surface area (Å²) in [5, 5.41) is 2.94. The number of aromatic nitrogens is 2. The van der Waals surface area contributed by atoms with Crippen LogP contribution in [0.5, 0.6) is 0 Å². The van der Waals surface area contributed by atoms with Crippen LogP contribution in [0.3, 0.4) is 0 Å². The third-order valence-electron chi connectivity index (χ3n) is 4.91. The van der Waals surface area contributed by atoms with Crippen LogP contribution in [-0.4, -0.2) is 15.5 Å². The van der Waals surface area contributed by atoms with Gasteiger partial charge in [-0.2, -0.15) is 0 Å². The van der Waals surface area contributed by atoms with Gasteiger partial charge in [-0.25, -0.2) is 4.98 Å². The van der Waals surface area contributed by atoms with E-state index in [0.29, 0.717) is 6.42 Å². The molecule has 1 aliphatic heterocycles. The molecule has 0 saturated carbocycles. The Morgan fingerprint density at radius 3 is 2.61 bits per heavy atom. The quantitative estimate of drug-likeness (QED) is 0.924. The Hall–Kier alpha value is -2.36. The Bertz CT molecular complexity index is 783. The molecule has 0 fully saturated rings. The molecular formula is C19H21N3O. The van der Waals surface area contributed by atoms with E-state index in [2.05, 4.69) is 39.1 Å². The first-order chi connectivity index (χ1) is 11.2. The van der Waals surface area contributed by atoms with Gasteiger partial charge in [0.15, 0.2) is 0 Å². The van der Waals surface area contributed by atoms with Crippen LogP contribution in [0, 0.1) is 0 Å². The minimum atomic E-state index is 0.118. The van der Waals surface area contributed by atoms with E-state index in [1.165, 1.54) is 41.1 Å². The van der Waals surface area contributed by atoms with Crippen molar-refractivity contribution < 1.29 is 4.79 Å². The van der Waals surface area contributed by atoms with Crippen molar-refractivity contribution in [3.8, 4) is 5.69 Å². The van der Waals surface area contributed by atoms with Crippen molar-refractivity contribution in [2.75, 3.05) is 0 Å². The fraction of sp³-hybridized carbons (Fsp3) is 0.368. The van der Waals surface area contributed by atoms with E-state index in [-0.39, 0.29) is 5.91 Å². The average molecular weight is 307 g/mol. The average Bonchev–Trinajstić information content (AvgIpc) is 2.99. The highest BCUT2D eigenvalue weighted by atomic mass is 16.1. The van der Waals surface area contributed by atoms with Gasteiger partial charge < -0.3 is 9.88 Å². The van der Waals surface area contributed by atoms with E-state index in [1.807, 2.05) is 13.3 Å². The number of carbonyl (C=O) groups is 1. The van der Waals surface area contributed by atoms with Crippen molar-refractivity contribution in [1.29, 1.82) is 0 Å². The number of imidazole rings is 1. The zero-order chi connectivity index (χ0) is 15.8. The number of carbonyl (C=O) groups excluding carboxylic acids is 1. The van der Waals surface area contributed by atoms with Gasteiger partial charge >= 0.3 is 0 Å². The van der Waals surface area contributed by atoms with E-state index in [1.54, 1.807) is 0 Å². The highest BCUT2D eigenvalue weighted by Gasteiger charge is 2.18. The van der Waals surface area contributed by atoms with Gasteiger partial charge in [-0.15, -0.1) is 0 Å². The molecule has 2 heterocycles. The molecule has 0 radical (unpaired) electrons. The molecule has 4 nitrogen and oxygen atoms in total. The molecule has 118 valence electrons. The molecule has 0 spiro atoms. The van der Waals surface area contributed by atoms with Crippen LogP contribution in [0.15, 0.2) is 36.3 Å². The van der Waals surface area contributed by atoms with Crippen LogP contribution in [0.2, 0.25) is 0 Å². The van der Waals surface area contributed by atoms with Crippen LogP contribution < -0.4 is 5.32 Å². The molecule has 1 N–H and O–H groups in total.